The highest BCUT2D eigenvalue weighted by Gasteiger charge is 2.29. The minimum Gasteiger partial charge on any atom is -0.339 e. The minimum atomic E-state index is -3.19. The number of rotatable bonds is 5. The Bertz CT molecular complexity index is 1280. The fourth-order valence-electron chi connectivity index (χ4n) is 2.94. The molecule has 1 amide bonds. The summed E-state index contributed by atoms with van der Waals surface area (Å²) in [5.41, 5.74) is 2.63. The Morgan fingerprint density at radius 1 is 1.13 bits per heavy atom. The van der Waals surface area contributed by atoms with Crippen molar-refractivity contribution in [2.24, 2.45) is 0 Å². The van der Waals surface area contributed by atoms with Crippen LogP contribution in [0.4, 0.5) is 26.1 Å². The number of fused-ring (bicyclic) bond motifs is 1. The van der Waals surface area contributed by atoms with Gasteiger partial charge in [-0.3, -0.25) is 4.79 Å². The quantitative estimate of drug-likeness (QED) is 0.503. The molecule has 0 fully saturated rings. The predicted molar refractivity (Wildman–Crippen MR) is 110 cm³/mol. The van der Waals surface area contributed by atoms with Crippen LogP contribution in [0.5, 0.6) is 0 Å². The van der Waals surface area contributed by atoms with E-state index in [2.05, 4.69) is 35.7 Å². The average Bonchev–Trinajstić information content (AvgIpc) is 3.14. The summed E-state index contributed by atoms with van der Waals surface area (Å²) in [5, 5.41) is 9.77. The van der Waals surface area contributed by atoms with Crippen LogP contribution in [0.1, 0.15) is 25.4 Å². The maximum absolute atomic E-state index is 13.8. The zero-order valence-corrected chi connectivity index (χ0v) is 16.9. The lowest BCUT2D eigenvalue weighted by atomic mass is 10.1. The van der Waals surface area contributed by atoms with Gasteiger partial charge in [0, 0.05) is 55.7 Å². The van der Waals surface area contributed by atoms with Gasteiger partial charge in [0.2, 0.25) is 11.7 Å². The van der Waals surface area contributed by atoms with E-state index < -0.39 is 11.7 Å². The molecule has 0 aliphatic heterocycles. The van der Waals surface area contributed by atoms with Gasteiger partial charge in [0.15, 0.2) is 5.65 Å². The van der Waals surface area contributed by atoms with Crippen molar-refractivity contribution < 1.29 is 13.6 Å². The Kier molecular flexibility index (Phi) is 5.01. The third-order valence-corrected chi connectivity index (χ3v) is 4.25. The lowest BCUT2D eigenvalue weighted by Gasteiger charge is -2.15. The van der Waals surface area contributed by atoms with E-state index in [1.165, 1.54) is 13.1 Å². The molecule has 0 radical (unpaired) electrons. The third kappa shape index (κ3) is 4.44. The number of aryl methyl sites for hydroxylation is 1. The van der Waals surface area contributed by atoms with E-state index in [4.69, 9.17) is 0 Å². The monoisotopic (exact) mass is 424 g/mol. The largest absolute Gasteiger partial charge is 0.339 e. The van der Waals surface area contributed by atoms with Gasteiger partial charge in [-0.1, -0.05) is 0 Å². The van der Waals surface area contributed by atoms with E-state index in [9.17, 15) is 13.6 Å². The summed E-state index contributed by atoms with van der Waals surface area (Å²) in [6, 6.07) is 6.63. The van der Waals surface area contributed by atoms with Crippen LogP contribution in [0.15, 0.2) is 42.9 Å². The molecule has 0 unspecified atom stereocenters. The van der Waals surface area contributed by atoms with Gasteiger partial charge in [0.1, 0.15) is 11.6 Å². The Balaban J connectivity index is 1.81. The van der Waals surface area contributed by atoms with Crippen molar-refractivity contribution in [3.05, 3.63) is 54.4 Å². The zero-order chi connectivity index (χ0) is 22.2. The molecule has 0 aliphatic carbocycles. The molecule has 4 heterocycles. The summed E-state index contributed by atoms with van der Waals surface area (Å²) in [6.07, 6.45) is 4.90. The molecule has 158 valence electrons. The number of halogens is 2. The van der Waals surface area contributed by atoms with Crippen molar-refractivity contribution in [2.75, 3.05) is 10.6 Å². The summed E-state index contributed by atoms with van der Waals surface area (Å²) in [5.74, 6) is -3.62. The number of hydrogen-bond acceptors (Lipinski definition) is 7. The fraction of sp³-hybridized carbons (Fsp3) is 0.200. The Morgan fingerprint density at radius 3 is 2.68 bits per heavy atom. The summed E-state index contributed by atoms with van der Waals surface area (Å²) >= 11 is 0. The van der Waals surface area contributed by atoms with Gasteiger partial charge in [0.05, 0.1) is 17.6 Å². The molecule has 4 rings (SSSR count). The first-order valence-electron chi connectivity index (χ1n) is 9.28. The van der Waals surface area contributed by atoms with Crippen LogP contribution in [-0.2, 0) is 10.7 Å². The maximum Gasteiger partial charge on any atom is 0.303 e. The van der Waals surface area contributed by atoms with Crippen LogP contribution in [0.3, 0.4) is 0 Å². The number of aromatic nitrogens is 6. The maximum atomic E-state index is 13.8. The Labute approximate surface area is 175 Å². The molecule has 0 saturated carbocycles. The van der Waals surface area contributed by atoms with Crippen molar-refractivity contribution >= 4 is 28.9 Å². The summed E-state index contributed by atoms with van der Waals surface area (Å²) in [6.45, 7) is 3.71. The molecule has 4 aromatic rings. The SMILES string of the molecule is CC(=O)Nc1cc(Nc2cc(C)nc(C(C)(F)F)n2)c(-c2ccn3nccc3n2)cn1. The van der Waals surface area contributed by atoms with E-state index >= 15 is 0 Å². The Morgan fingerprint density at radius 2 is 1.94 bits per heavy atom. The van der Waals surface area contributed by atoms with E-state index in [-0.39, 0.29) is 17.5 Å². The van der Waals surface area contributed by atoms with Crippen LogP contribution in [0, 0.1) is 6.92 Å². The lowest BCUT2D eigenvalue weighted by molar-refractivity contribution is -0.114. The molecular formula is C20H18F2N8O. The molecule has 0 saturated heterocycles. The van der Waals surface area contributed by atoms with E-state index in [0.29, 0.717) is 28.3 Å². The molecule has 0 aromatic carbocycles. The van der Waals surface area contributed by atoms with E-state index in [0.717, 1.165) is 6.92 Å². The van der Waals surface area contributed by atoms with Crippen molar-refractivity contribution in [1.29, 1.82) is 0 Å². The standard InChI is InChI=1S/C20H18F2N8O/c1-11-8-17(29-19(25-11)20(3,21)22)27-15-9-16(26-12(2)31)23-10-13(15)14-5-7-30-18(28-14)4-6-24-30/h4-10H,1-3H3,(H2,23,25,26,27,29,31). The normalized spacial score (nSPS) is 11.5. The van der Waals surface area contributed by atoms with Crippen LogP contribution in [-0.4, -0.2) is 35.5 Å². The smallest absolute Gasteiger partial charge is 0.303 e. The highest BCUT2D eigenvalue weighted by molar-refractivity contribution is 5.89. The number of carbonyl (C=O) groups is 1. The van der Waals surface area contributed by atoms with Gasteiger partial charge < -0.3 is 10.6 Å². The number of alkyl halides is 2. The van der Waals surface area contributed by atoms with Crippen molar-refractivity contribution in [1.82, 2.24) is 29.5 Å². The molecule has 9 nitrogen and oxygen atoms in total. The van der Waals surface area contributed by atoms with Crippen LogP contribution in [0.25, 0.3) is 16.9 Å². The number of pyridine rings is 1. The van der Waals surface area contributed by atoms with Crippen molar-refractivity contribution in [2.45, 2.75) is 26.7 Å². The van der Waals surface area contributed by atoms with Gasteiger partial charge in [-0.2, -0.15) is 13.9 Å². The molecule has 0 bridgehead atoms. The first-order valence-corrected chi connectivity index (χ1v) is 9.28. The van der Waals surface area contributed by atoms with Crippen molar-refractivity contribution in [3.8, 4) is 11.3 Å². The van der Waals surface area contributed by atoms with Gasteiger partial charge in [-0.05, 0) is 13.0 Å². The number of nitrogens with zero attached hydrogens (tertiary/aromatic N) is 6. The number of hydrogen-bond donors (Lipinski definition) is 2. The first kappa shape index (κ1) is 20.3. The number of anilines is 3. The number of amides is 1. The molecule has 2 N–H and O–H groups in total. The number of carbonyl (C=O) groups excluding carboxylic acids is 1. The molecule has 0 aliphatic rings. The zero-order valence-electron chi connectivity index (χ0n) is 16.9. The number of nitrogens with one attached hydrogen (secondary N) is 2. The average molecular weight is 424 g/mol. The summed E-state index contributed by atoms with van der Waals surface area (Å²) < 4.78 is 29.2. The Hall–Kier alpha value is -4.02. The second-order valence-electron chi connectivity index (χ2n) is 6.97. The molecule has 4 aromatic heterocycles. The molecule has 31 heavy (non-hydrogen) atoms. The lowest BCUT2D eigenvalue weighted by Crippen LogP contribution is -2.14. The van der Waals surface area contributed by atoms with Crippen molar-refractivity contribution in [3.63, 3.8) is 0 Å². The topological polar surface area (TPSA) is 110 Å². The van der Waals surface area contributed by atoms with E-state index in [1.54, 1.807) is 48.1 Å². The third-order valence-electron chi connectivity index (χ3n) is 4.25. The molecule has 0 atom stereocenters. The molecule has 11 heteroatoms. The highest BCUT2D eigenvalue weighted by Crippen LogP contribution is 2.32. The predicted octanol–water partition coefficient (Wildman–Crippen LogP) is 3.70. The van der Waals surface area contributed by atoms with Crippen LogP contribution in [0.2, 0.25) is 0 Å². The van der Waals surface area contributed by atoms with Gasteiger partial charge >= 0.3 is 5.92 Å². The second-order valence-corrected chi connectivity index (χ2v) is 6.97. The molecule has 0 spiro atoms. The van der Waals surface area contributed by atoms with Crippen LogP contribution >= 0.6 is 0 Å². The first-order chi connectivity index (χ1) is 14.7. The fourth-order valence-corrected chi connectivity index (χ4v) is 2.94. The van der Waals surface area contributed by atoms with Gasteiger partial charge in [0.25, 0.3) is 0 Å². The highest BCUT2D eigenvalue weighted by atomic mass is 19.3. The second kappa shape index (κ2) is 7.67. The minimum absolute atomic E-state index is 0.177. The van der Waals surface area contributed by atoms with E-state index in [1.807, 2.05) is 0 Å². The van der Waals surface area contributed by atoms with Gasteiger partial charge in [-0.25, -0.2) is 24.5 Å². The molecular weight excluding hydrogens is 406 g/mol. The summed E-state index contributed by atoms with van der Waals surface area (Å²) in [4.78, 5) is 28.0. The van der Waals surface area contributed by atoms with Gasteiger partial charge in [-0.15, -0.1) is 0 Å². The van der Waals surface area contributed by atoms with Crippen LogP contribution < -0.4 is 10.6 Å². The summed E-state index contributed by atoms with van der Waals surface area (Å²) in [7, 11) is 0.